The molecule has 1 N–H and O–H groups in total. The molecule has 0 aromatic heterocycles. The Kier molecular flexibility index (Phi) is 29.5. The Hall–Kier alpha value is 0.315. The van der Waals surface area contributed by atoms with Crippen LogP contribution >= 0.6 is 11.5 Å². The Labute approximate surface area is 44.5 Å². The summed E-state index contributed by atoms with van der Waals surface area (Å²) in [7, 11) is 0. The Morgan fingerprint density at radius 2 is 1.83 bits per heavy atom. The van der Waals surface area contributed by atoms with Crippen LogP contribution < -0.4 is 0 Å². The lowest BCUT2D eigenvalue weighted by atomic mass is 10.2. The van der Waals surface area contributed by atoms with E-state index in [0.717, 1.165) is 0 Å². The molecule has 37 valence electrons. The van der Waals surface area contributed by atoms with E-state index in [2.05, 4.69) is 0 Å². The van der Waals surface area contributed by atoms with Crippen molar-refractivity contribution in [2.45, 2.75) is 13.7 Å². The topological polar surface area (TPSA) is 20.2 Å². The van der Waals surface area contributed by atoms with E-state index in [1.165, 1.54) is 6.69 Å². The molecule has 0 heterocycles. The van der Waals surface area contributed by atoms with Crippen molar-refractivity contribution in [3.63, 3.8) is 0 Å². The van der Waals surface area contributed by atoms with Crippen LogP contribution in [-0.2, 0) is 0 Å². The summed E-state index contributed by atoms with van der Waals surface area (Å²) in [6, 6.07) is 0. The van der Waals surface area contributed by atoms with Gasteiger partial charge in [0.05, 0.1) is 0 Å². The van der Waals surface area contributed by atoms with E-state index < -0.39 is 0 Å². The van der Waals surface area contributed by atoms with E-state index >= 15 is 0 Å². The van der Waals surface area contributed by atoms with Gasteiger partial charge in [0.2, 0.25) is 6.69 Å². The van der Waals surface area contributed by atoms with Gasteiger partial charge in [0.15, 0.2) is 0 Å². The predicted octanol–water partition coefficient (Wildman–Crippen LogP) is 0.891. The Bertz CT molecular complexity index is 12.8. The van der Waals surface area contributed by atoms with E-state index in [-0.39, 0.29) is 6.61 Å². The summed E-state index contributed by atoms with van der Waals surface area (Å²) in [4.78, 5) is 0. The fourth-order valence-electron chi connectivity index (χ4n) is 0. The van der Waals surface area contributed by atoms with Gasteiger partial charge in [-0.2, -0.15) is 0 Å². The second-order valence-electron chi connectivity index (χ2n) is 0.534. The molecular weight excluding hydrogens is 98.3 g/mol. The van der Waals surface area contributed by atoms with E-state index in [1.807, 2.05) is 0 Å². The van der Waals surface area contributed by atoms with Gasteiger partial charge in [-0.15, -0.1) is 0 Å². The van der Waals surface area contributed by atoms with Gasteiger partial charge in [-0.1, -0.05) is 6.82 Å². The summed E-state index contributed by atoms with van der Waals surface area (Å²) in [5.74, 6) is 0. The van der Waals surface area contributed by atoms with Crippen molar-refractivity contribution < 1.29 is 5.11 Å². The lowest BCUT2D eigenvalue weighted by molar-refractivity contribution is 0.318. The number of halogens is 1. The van der Waals surface area contributed by atoms with Crippen LogP contribution in [0, 0.1) is 0 Å². The van der Waals surface area contributed by atoms with Crippen LogP contribution in [-0.4, -0.2) is 18.4 Å². The maximum absolute atomic E-state index is 7.57. The molecule has 0 saturated carbocycles. The van der Waals surface area contributed by atoms with Gasteiger partial charge in [0.1, 0.15) is 0 Å². The third-order valence-corrected chi connectivity index (χ3v) is 0. The molecule has 0 rings (SSSR count). The normalized spacial score (nSPS) is 5.33. The van der Waals surface area contributed by atoms with Gasteiger partial charge < -0.3 is 5.11 Å². The fourth-order valence-corrected chi connectivity index (χ4v) is 0. The molecule has 0 aliphatic carbocycles. The zero-order chi connectivity index (χ0) is 5.41. The van der Waals surface area contributed by atoms with E-state index in [0.29, 0.717) is 0 Å². The zero-order valence-electron chi connectivity index (χ0n) is 4.11. The van der Waals surface area contributed by atoms with E-state index in [1.54, 1.807) is 13.7 Å². The monoisotopic (exact) mass is 107 g/mol. The lowest BCUT2D eigenvalue weighted by Crippen LogP contribution is -1.57. The van der Waals surface area contributed by atoms with E-state index in [4.69, 9.17) is 16.6 Å². The first-order chi connectivity index (χ1) is 2.83. The third-order valence-electron chi connectivity index (χ3n) is 0. The van der Waals surface area contributed by atoms with Crippen molar-refractivity contribution >= 4 is 18.2 Å². The largest absolute Gasteiger partial charge is 0.397 e. The molecular formula is C3H9BClO. The molecule has 0 spiro atoms. The summed E-state index contributed by atoms with van der Waals surface area (Å²) in [6.07, 6.45) is 0. The maximum atomic E-state index is 7.57. The van der Waals surface area contributed by atoms with Crippen molar-refractivity contribution in [2.24, 2.45) is 0 Å². The SMILES string of the molecule is CCO.C[B]Cl. The fraction of sp³-hybridized carbons (Fsp3) is 1.00. The van der Waals surface area contributed by atoms with Crippen molar-refractivity contribution in [1.82, 2.24) is 0 Å². The molecule has 1 nitrogen and oxygen atoms in total. The van der Waals surface area contributed by atoms with Crippen LogP contribution in [0.25, 0.3) is 0 Å². The highest BCUT2D eigenvalue weighted by Crippen LogP contribution is 1.54. The van der Waals surface area contributed by atoms with Crippen molar-refractivity contribution in [1.29, 1.82) is 0 Å². The smallest absolute Gasteiger partial charge is 0.235 e. The number of aliphatic hydroxyl groups is 1. The summed E-state index contributed by atoms with van der Waals surface area (Å²) < 4.78 is 0. The Balaban J connectivity index is 0. The maximum Gasteiger partial charge on any atom is 0.235 e. The third kappa shape index (κ3) is 478. The van der Waals surface area contributed by atoms with Crippen LogP contribution in [0.15, 0.2) is 0 Å². The highest BCUT2D eigenvalue weighted by Gasteiger charge is 1.48. The average molecular weight is 107 g/mol. The zero-order valence-corrected chi connectivity index (χ0v) is 4.87. The standard InChI is InChI=1S/C2H6O.CH3BCl/c2*1-2-3/h3H,2H2,1H3;1H3. The highest BCUT2D eigenvalue weighted by atomic mass is 35.5. The Morgan fingerprint density at radius 1 is 1.83 bits per heavy atom. The van der Waals surface area contributed by atoms with Gasteiger partial charge >= 0.3 is 0 Å². The van der Waals surface area contributed by atoms with Gasteiger partial charge in [0, 0.05) is 6.61 Å². The number of hydrogen-bond donors (Lipinski definition) is 1. The van der Waals surface area contributed by atoms with Gasteiger partial charge in [0.25, 0.3) is 0 Å². The summed E-state index contributed by atoms with van der Waals surface area (Å²) in [6.45, 7) is 5.17. The summed E-state index contributed by atoms with van der Waals surface area (Å²) in [5, 5.41) is 7.57. The first-order valence-electron chi connectivity index (χ1n) is 1.82. The number of rotatable bonds is 0. The Morgan fingerprint density at radius 3 is 1.83 bits per heavy atom. The van der Waals surface area contributed by atoms with Crippen LogP contribution in [0.3, 0.4) is 0 Å². The van der Waals surface area contributed by atoms with Crippen LogP contribution in [0.2, 0.25) is 6.82 Å². The molecule has 0 aliphatic rings. The summed E-state index contributed by atoms with van der Waals surface area (Å²) >= 11 is 4.87. The van der Waals surface area contributed by atoms with Crippen molar-refractivity contribution in [2.75, 3.05) is 6.61 Å². The van der Waals surface area contributed by atoms with Crippen LogP contribution in [0.5, 0.6) is 0 Å². The van der Waals surface area contributed by atoms with Crippen LogP contribution in [0.4, 0.5) is 0 Å². The molecule has 3 heteroatoms. The molecule has 0 fully saturated rings. The molecule has 0 aliphatic heterocycles. The minimum Gasteiger partial charge on any atom is -0.397 e. The second kappa shape index (κ2) is 18.5. The van der Waals surface area contributed by atoms with Gasteiger partial charge in [-0.05, 0) is 6.92 Å². The summed E-state index contributed by atoms with van der Waals surface area (Å²) in [5.41, 5.74) is 0. The second-order valence-corrected chi connectivity index (χ2v) is 0.971. The molecule has 0 aromatic carbocycles. The van der Waals surface area contributed by atoms with Gasteiger partial charge in [-0.3, -0.25) is 0 Å². The molecule has 0 amide bonds. The lowest BCUT2D eigenvalue weighted by Gasteiger charge is -1.52. The highest BCUT2D eigenvalue weighted by molar-refractivity contribution is 6.92. The first-order valence-corrected chi connectivity index (χ1v) is 2.26. The van der Waals surface area contributed by atoms with Crippen LogP contribution in [0.1, 0.15) is 6.92 Å². The minimum absolute atomic E-state index is 0.250. The molecule has 6 heavy (non-hydrogen) atoms. The number of aliphatic hydroxyl groups excluding tert-OH is 1. The van der Waals surface area contributed by atoms with Crippen molar-refractivity contribution in [3.05, 3.63) is 0 Å². The average Bonchev–Trinajstić information content (AvgIpc) is 1.39. The van der Waals surface area contributed by atoms with Gasteiger partial charge in [-0.25, -0.2) is 11.5 Å². The van der Waals surface area contributed by atoms with Crippen molar-refractivity contribution in [3.8, 4) is 0 Å². The molecule has 0 unspecified atom stereocenters. The molecule has 0 bridgehead atoms. The minimum atomic E-state index is 0.250. The first kappa shape index (κ1) is 9.58. The number of hydrogen-bond acceptors (Lipinski definition) is 1. The molecule has 0 atom stereocenters. The molecule has 1 radical (unpaired) electrons. The van der Waals surface area contributed by atoms with E-state index in [9.17, 15) is 0 Å². The predicted molar refractivity (Wildman–Crippen MR) is 30.2 cm³/mol. The molecule has 0 saturated heterocycles. The molecule has 0 aromatic rings. The quantitative estimate of drug-likeness (QED) is 0.456.